The zero-order valence-corrected chi connectivity index (χ0v) is 9.29. The van der Waals surface area contributed by atoms with Crippen molar-refractivity contribution >= 4 is 12.0 Å². The second-order valence-electron chi connectivity index (χ2n) is 3.02. The minimum Gasteiger partial charge on any atom is -0.494 e. The Morgan fingerprint density at radius 1 is 1.50 bits per heavy atom. The summed E-state index contributed by atoms with van der Waals surface area (Å²) >= 11 is 0. The van der Waals surface area contributed by atoms with Crippen molar-refractivity contribution in [3.05, 3.63) is 35.7 Å². The molecule has 86 valence electrons. The Hall–Kier alpha value is -1.84. The second-order valence-corrected chi connectivity index (χ2v) is 3.02. The third kappa shape index (κ3) is 3.38. The van der Waals surface area contributed by atoms with Crippen molar-refractivity contribution in [1.82, 2.24) is 0 Å². The number of rotatable bonds is 4. The molecule has 0 aliphatic heterocycles. The van der Waals surface area contributed by atoms with Crippen molar-refractivity contribution in [1.29, 1.82) is 5.41 Å². The van der Waals surface area contributed by atoms with Crippen molar-refractivity contribution in [2.45, 2.75) is 6.92 Å². The fraction of sp³-hybridized carbons (Fsp3) is 0.250. The number of hydrogen-bond donors (Lipinski definition) is 1. The van der Waals surface area contributed by atoms with E-state index >= 15 is 0 Å². The third-order valence-corrected chi connectivity index (χ3v) is 1.90. The van der Waals surface area contributed by atoms with Gasteiger partial charge in [0.2, 0.25) is 5.90 Å². The van der Waals surface area contributed by atoms with Crippen LogP contribution in [0.15, 0.2) is 24.3 Å². The van der Waals surface area contributed by atoms with Crippen molar-refractivity contribution < 1.29 is 13.9 Å². The van der Waals surface area contributed by atoms with Crippen LogP contribution in [0, 0.1) is 11.2 Å². The first-order valence-corrected chi connectivity index (χ1v) is 4.90. The standard InChI is InChI=1S/C12H14FNO2/c1-3-16-12(14)7-5-9-4-6-11(15-2)10(13)8-9/h4-8,14H,3H2,1-2H3/b7-5+,14-12?. The molecule has 1 aromatic rings. The number of benzene rings is 1. The fourth-order valence-corrected chi connectivity index (χ4v) is 1.16. The van der Waals surface area contributed by atoms with Crippen LogP contribution in [0.5, 0.6) is 5.75 Å². The lowest BCUT2D eigenvalue weighted by Crippen LogP contribution is -1.97. The van der Waals surface area contributed by atoms with Gasteiger partial charge in [-0.25, -0.2) is 4.39 Å². The molecular weight excluding hydrogens is 209 g/mol. The van der Waals surface area contributed by atoms with Crippen LogP contribution in [0.4, 0.5) is 4.39 Å². The maximum atomic E-state index is 13.3. The molecule has 0 saturated heterocycles. The first-order valence-electron chi connectivity index (χ1n) is 4.90. The Morgan fingerprint density at radius 3 is 2.81 bits per heavy atom. The van der Waals surface area contributed by atoms with Gasteiger partial charge >= 0.3 is 0 Å². The van der Waals surface area contributed by atoms with Crippen LogP contribution in [0.2, 0.25) is 0 Å². The van der Waals surface area contributed by atoms with E-state index in [0.29, 0.717) is 12.2 Å². The molecule has 1 N–H and O–H groups in total. The molecule has 0 bridgehead atoms. The lowest BCUT2D eigenvalue weighted by atomic mass is 10.2. The monoisotopic (exact) mass is 223 g/mol. The SMILES string of the molecule is CCOC(=N)/C=C/c1ccc(OC)c(F)c1. The van der Waals surface area contributed by atoms with Gasteiger partial charge in [0.05, 0.1) is 13.7 Å². The van der Waals surface area contributed by atoms with Crippen LogP contribution in [0.25, 0.3) is 6.08 Å². The molecule has 16 heavy (non-hydrogen) atoms. The second kappa shape index (κ2) is 5.90. The molecular formula is C12H14FNO2. The van der Waals surface area contributed by atoms with Gasteiger partial charge in [0, 0.05) is 6.08 Å². The van der Waals surface area contributed by atoms with Crippen LogP contribution < -0.4 is 4.74 Å². The van der Waals surface area contributed by atoms with Crippen LogP contribution in [0.3, 0.4) is 0 Å². The zero-order valence-electron chi connectivity index (χ0n) is 9.29. The smallest absolute Gasteiger partial charge is 0.205 e. The van der Waals surface area contributed by atoms with Gasteiger partial charge < -0.3 is 9.47 Å². The lowest BCUT2D eigenvalue weighted by Gasteiger charge is -2.02. The summed E-state index contributed by atoms with van der Waals surface area (Å²) in [6.07, 6.45) is 3.09. The highest BCUT2D eigenvalue weighted by atomic mass is 19.1. The molecule has 0 amide bonds. The third-order valence-electron chi connectivity index (χ3n) is 1.90. The van der Waals surface area contributed by atoms with E-state index in [1.54, 1.807) is 25.1 Å². The normalized spacial score (nSPS) is 10.4. The average Bonchev–Trinajstić information content (AvgIpc) is 2.27. The minimum atomic E-state index is -0.424. The van der Waals surface area contributed by atoms with E-state index in [2.05, 4.69) is 0 Å². The van der Waals surface area contributed by atoms with Gasteiger partial charge in [-0.3, -0.25) is 5.41 Å². The van der Waals surface area contributed by atoms with E-state index in [0.717, 1.165) is 0 Å². The highest BCUT2D eigenvalue weighted by Gasteiger charge is 2.01. The zero-order chi connectivity index (χ0) is 12.0. The molecule has 0 spiro atoms. The minimum absolute atomic E-state index is 0.0544. The van der Waals surface area contributed by atoms with Crippen molar-refractivity contribution in [3.63, 3.8) is 0 Å². The highest BCUT2D eigenvalue weighted by molar-refractivity contribution is 5.89. The number of hydrogen-bond acceptors (Lipinski definition) is 3. The molecule has 0 saturated carbocycles. The maximum absolute atomic E-state index is 13.3. The molecule has 0 radical (unpaired) electrons. The summed E-state index contributed by atoms with van der Waals surface area (Å²) in [7, 11) is 1.42. The summed E-state index contributed by atoms with van der Waals surface area (Å²) in [4.78, 5) is 0. The summed E-state index contributed by atoms with van der Waals surface area (Å²) in [6.45, 7) is 2.25. The summed E-state index contributed by atoms with van der Waals surface area (Å²) in [5.74, 6) is -0.164. The fourth-order valence-electron chi connectivity index (χ4n) is 1.16. The van der Waals surface area contributed by atoms with Gasteiger partial charge in [0.1, 0.15) is 0 Å². The number of nitrogens with one attached hydrogen (secondary N) is 1. The van der Waals surface area contributed by atoms with Gasteiger partial charge in [-0.1, -0.05) is 6.07 Å². The van der Waals surface area contributed by atoms with Gasteiger partial charge in [-0.05, 0) is 30.7 Å². The molecule has 1 rings (SSSR count). The van der Waals surface area contributed by atoms with Crippen molar-refractivity contribution in [2.75, 3.05) is 13.7 Å². The molecule has 0 unspecified atom stereocenters. The summed E-state index contributed by atoms with van der Waals surface area (Å²) in [6, 6.07) is 4.59. The van der Waals surface area contributed by atoms with Crippen LogP contribution in [-0.2, 0) is 4.74 Å². The maximum Gasteiger partial charge on any atom is 0.205 e. The molecule has 0 fully saturated rings. The molecule has 3 nitrogen and oxygen atoms in total. The molecule has 0 atom stereocenters. The summed E-state index contributed by atoms with van der Waals surface area (Å²) < 4.78 is 23.0. The van der Waals surface area contributed by atoms with Gasteiger partial charge in [0.15, 0.2) is 11.6 Å². The van der Waals surface area contributed by atoms with Crippen LogP contribution in [-0.4, -0.2) is 19.6 Å². The molecule has 1 aromatic carbocycles. The Bertz CT molecular complexity index is 402. The predicted octanol–water partition coefficient (Wildman–Crippen LogP) is 2.86. The summed E-state index contributed by atoms with van der Waals surface area (Å²) in [5.41, 5.74) is 0.655. The first kappa shape index (κ1) is 12.2. The van der Waals surface area contributed by atoms with Gasteiger partial charge in [-0.2, -0.15) is 0 Å². The quantitative estimate of drug-likeness (QED) is 0.630. The van der Waals surface area contributed by atoms with E-state index < -0.39 is 5.82 Å². The molecule has 0 aromatic heterocycles. The van der Waals surface area contributed by atoms with E-state index in [4.69, 9.17) is 14.9 Å². The average molecular weight is 223 g/mol. The number of ether oxygens (including phenoxy) is 2. The van der Waals surface area contributed by atoms with E-state index in [1.165, 1.54) is 19.3 Å². The Kier molecular flexibility index (Phi) is 4.51. The number of methoxy groups -OCH3 is 1. The lowest BCUT2D eigenvalue weighted by molar-refractivity contribution is 0.327. The molecule has 4 heteroatoms. The Morgan fingerprint density at radius 2 is 2.25 bits per heavy atom. The van der Waals surface area contributed by atoms with Crippen molar-refractivity contribution in [3.8, 4) is 5.75 Å². The van der Waals surface area contributed by atoms with Gasteiger partial charge in [-0.15, -0.1) is 0 Å². The van der Waals surface area contributed by atoms with Gasteiger partial charge in [0.25, 0.3) is 0 Å². The molecule has 0 heterocycles. The number of halogens is 1. The topological polar surface area (TPSA) is 42.3 Å². The Labute approximate surface area is 94.0 Å². The molecule has 0 aliphatic carbocycles. The van der Waals surface area contributed by atoms with Crippen molar-refractivity contribution in [2.24, 2.45) is 0 Å². The largest absolute Gasteiger partial charge is 0.494 e. The van der Waals surface area contributed by atoms with Crippen LogP contribution >= 0.6 is 0 Å². The van der Waals surface area contributed by atoms with Crippen LogP contribution in [0.1, 0.15) is 12.5 Å². The molecule has 0 aliphatic rings. The highest BCUT2D eigenvalue weighted by Crippen LogP contribution is 2.18. The van der Waals surface area contributed by atoms with E-state index in [-0.39, 0.29) is 11.6 Å². The summed E-state index contributed by atoms with van der Waals surface area (Å²) in [5, 5.41) is 7.34. The Balaban J connectivity index is 2.75. The van der Waals surface area contributed by atoms with E-state index in [1.807, 2.05) is 0 Å². The predicted molar refractivity (Wildman–Crippen MR) is 61.3 cm³/mol. The first-order chi connectivity index (χ1) is 7.67. The van der Waals surface area contributed by atoms with E-state index in [9.17, 15) is 4.39 Å².